The third-order valence-electron chi connectivity index (χ3n) is 4.60. The molecule has 0 bridgehead atoms. The lowest BCUT2D eigenvalue weighted by Crippen LogP contribution is -2.34. The van der Waals surface area contributed by atoms with E-state index in [9.17, 15) is 4.79 Å². The summed E-state index contributed by atoms with van der Waals surface area (Å²) >= 11 is 0. The lowest BCUT2D eigenvalue weighted by molar-refractivity contribution is -0.114. The molecule has 156 valence electrons. The quantitative estimate of drug-likeness (QED) is 0.626. The van der Waals surface area contributed by atoms with E-state index in [1.165, 1.54) is 11.1 Å². The highest BCUT2D eigenvalue weighted by Gasteiger charge is 2.37. The zero-order valence-electron chi connectivity index (χ0n) is 16.9. The van der Waals surface area contributed by atoms with Gasteiger partial charge >= 0.3 is 0 Å². The lowest BCUT2D eigenvalue weighted by Gasteiger charge is -2.20. The van der Waals surface area contributed by atoms with Gasteiger partial charge in [-0.3, -0.25) is 9.69 Å². The van der Waals surface area contributed by atoms with E-state index < -0.39 is 12.1 Å². The zero-order chi connectivity index (χ0) is 21.3. The Morgan fingerprint density at radius 3 is 2.77 bits per heavy atom. The zero-order valence-corrected chi connectivity index (χ0v) is 16.9. The number of anilines is 1. The molecule has 0 radical (unpaired) electrons. The Morgan fingerprint density at radius 1 is 1.30 bits per heavy atom. The maximum absolute atomic E-state index is 12.3. The van der Waals surface area contributed by atoms with Crippen molar-refractivity contribution in [2.45, 2.75) is 33.2 Å². The number of aryl methyl sites for hydroxylation is 1. The number of hydrogen-bond donors (Lipinski definition) is 1. The van der Waals surface area contributed by atoms with Crippen molar-refractivity contribution >= 4 is 17.5 Å². The molecule has 1 amide bonds. The van der Waals surface area contributed by atoms with E-state index in [1.54, 1.807) is 18.2 Å². The van der Waals surface area contributed by atoms with Crippen LogP contribution >= 0.6 is 0 Å². The summed E-state index contributed by atoms with van der Waals surface area (Å²) in [7, 11) is 1.57. The van der Waals surface area contributed by atoms with Gasteiger partial charge in [-0.2, -0.15) is 9.90 Å². The summed E-state index contributed by atoms with van der Waals surface area (Å²) in [4.78, 5) is 19.7. The number of carbonyl (C=O) groups excluding carboxylic acids is 1. The molecule has 3 heterocycles. The highest BCUT2D eigenvalue weighted by molar-refractivity contribution is 6.03. The van der Waals surface area contributed by atoms with E-state index in [1.807, 2.05) is 38.1 Å². The summed E-state index contributed by atoms with van der Waals surface area (Å²) in [5.74, 6) is 0.734. The van der Waals surface area contributed by atoms with Crippen molar-refractivity contribution in [3.05, 3.63) is 65.1 Å². The maximum Gasteiger partial charge on any atom is 0.269 e. The van der Waals surface area contributed by atoms with E-state index in [0.717, 1.165) is 11.1 Å². The van der Waals surface area contributed by atoms with Gasteiger partial charge in [-0.05, 0) is 13.8 Å². The van der Waals surface area contributed by atoms with Gasteiger partial charge in [0.2, 0.25) is 5.89 Å². The minimum Gasteiger partial charge on any atom is -0.467 e. The van der Waals surface area contributed by atoms with Crippen LogP contribution in [-0.4, -0.2) is 39.2 Å². The van der Waals surface area contributed by atoms with Crippen LogP contribution in [0, 0.1) is 6.92 Å². The molecule has 1 aromatic carbocycles. The van der Waals surface area contributed by atoms with E-state index in [-0.39, 0.29) is 12.3 Å². The molecule has 2 aromatic heterocycles. The molecular weight excluding hydrogens is 388 g/mol. The molecular formula is C20H22N6O4. The van der Waals surface area contributed by atoms with Crippen LogP contribution in [0.15, 0.2) is 46.8 Å². The fraction of sp³-hybridized carbons (Fsp3) is 0.300. The van der Waals surface area contributed by atoms with Gasteiger partial charge in [0.1, 0.15) is 25.1 Å². The Labute approximate surface area is 172 Å². The number of oxazole rings is 1. The third kappa shape index (κ3) is 3.77. The third-order valence-corrected chi connectivity index (χ3v) is 4.60. The number of rotatable bonds is 7. The number of aromatic nitrogens is 4. The maximum atomic E-state index is 12.3. The predicted octanol–water partition coefficient (Wildman–Crippen LogP) is 1.81. The number of methoxy groups -OCH3 is 1. The number of hydrogen-bond acceptors (Lipinski definition) is 8. The SMILES string of the molecule is COCc1nc(Cn2ncc(N3C(C(N)=O)=C(c4ccc(C)cc4)OC3C)n2)co1. The van der Waals surface area contributed by atoms with Gasteiger partial charge in [-0.15, -0.1) is 5.10 Å². The van der Waals surface area contributed by atoms with Crippen molar-refractivity contribution < 1.29 is 18.7 Å². The Hall–Kier alpha value is -3.66. The Balaban J connectivity index is 1.62. The van der Waals surface area contributed by atoms with Gasteiger partial charge in [0.15, 0.2) is 23.5 Å². The van der Waals surface area contributed by atoms with Gasteiger partial charge < -0.3 is 19.6 Å². The van der Waals surface area contributed by atoms with E-state index in [0.29, 0.717) is 29.7 Å². The minimum atomic E-state index is -0.606. The van der Waals surface area contributed by atoms with Crippen molar-refractivity contribution in [3.63, 3.8) is 0 Å². The molecule has 0 saturated heterocycles. The first-order valence-corrected chi connectivity index (χ1v) is 9.35. The number of nitrogens with two attached hydrogens (primary N) is 1. The topological polar surface area (TPSA) is 122 Å². The molecule has 10 nitrogen and oxygen atoms in total. The second-order valence-corrected chi connectivity index (χ2v) is 6.89. The number of ether oxygens (including phenoxy) is 2. The normalized spacial score (nSPS) is 16.2. The van der Waals surface area contributed by atoms with Crippen molar-refractivity contribution in [1.29, 1.82) is 0 Å². The molecule has 1 unspecified atom stereocenters. The average molecular weight is 410 g/mol. The minimum absolute atomic E-state index is 0.238. The first-order chi connectivity index (χ1) is 14.5. The molecule has 2 N–H and O–H groups in total. The summed E-state index contributed by atoms with van der Waals surface area (Å²) in [5.41, 5.74) is 8.46. The van der Waals surface area contributed by atoms with Crippen LogP contribution in [0.4, 0.5) is 5.82 Å². The summed E-state index contributed by atoms with van der Waals surface area (Å²) in [6, 6.07) is 7.68. The van der Waals surface area contributed by atoms with Crippen LogP contribution in [0.1, 0.15) is 29.6 Å². The molecule has 0 fully saturated rings. The van der Waals surface area contributed by atoms with Crippen LogP contribution in [0.3, 0.4) is 0 Å². The fourth-order valence-electron chi connectivity index (χ4n) is 3.24. The Bertz CT molecular complexity index is 1080. The first-order valence-electron chi connectivity index (χ1n) is 9.35. The standard InChI is InChI=1S/C20H22N6O4/c1-12-4-6-14(7-5-12)19-18(20(21)27)26(13(2)30-19)16-8-22-25(24-16)9-15-10-29-17(23-15)11-28-3/h4-8,10,13H,9,11H2,1-3H3,(H2,21,27). The van der Waals surface area contributed by atoms with Crippen LogP contribution < -0.4 is 10.6 Å². The largest absolute Gasteiger partial charge is 0.467 e. The molecule has 1 aliphatic rings. The second kappa shape index (κ2) is 7.99. The van der Waals surface area contributed by atoms with Crippen molar-refractivity contribution in [1.82, 2.24) is 20.0 Å². The Kier molecular flexibility index (Phi) is 5.23. The van der Waals surface area contributed by atoms with Crippen LogP contribution in [-0.2, 0) is 27.4 Å². The number of carbonyl (C=O) groups is 1. The molecule has 0 spiro atoms. The summed E-state index contributed by atoms with van der Waals surface area (Å²) in [5, 5.41) is 8.73. The predicted molar refractivity (Wildman–Crippen MR) is 107 cm³/mol. The number of primary amides is 1. The van der Waals surface area contributed by atoms with Crippen molar-refractivity contribution in [2.75, 3.05) is 12.0 Å². The van der Waals surface area contributed by atoms with Gasteiger partial charge in [0.25, 0.3) is 5.91 Å². The average Bonchev–Trinajstić information content (AvgIpc) is 3.42. The Morgan fingerprint density at radius 2 is 2.07 bits per heavy atom. The molecule has 3 aromatic rings. The first kappa shape index (κ1) is 19.6. The summed E-state index contributed by atoms with van der Waals surface area (Å²) in [6.45, 7) is 4.40. The monoisotopic (exact) mass is 410 g/mol. The van der Waals surface area contributed by atoms with E-state index in [4.69, 9.17) is 19.6 Å². The molecule has 0 aliphatic carbocycles. The van der Waals surface area contributed by atoms with Crippen LogP contribution in [0.2, 0.25) is 0 Å². The molecule has 4 rings (SSSR count). The summed E-state index contributed by atoms with van der Waals surface area (Å²) in [6.07, 6.45) is 2.61. The second-order valence-electron chi connectivity index (χ2n) is 6.89. The summed E-state index contributed by atoms with van der Waals surface area (Å²) < 4.78 is 16.3. The number of nitrogens with zero attached hydrogens (tertiary/aromatic N) is 5. The highest BCUT2D eigenvalue weighted by atomic mass is 16.5. The molecule has 30 heavy (non-hydrogen) atoms. The van der Waals surface area contributed by atoms with Crippen molar-refractivity contribution in [2.24, 2.45) is 5.73 Å². The van der Waals surface area contributed by atoms with E-state index >= 15 is 0 Å². The fourth-order valence-corrected chi connectivity index (χ4v) is 3.24. The van der Waals surface area contributed by atoms with Gasteiger partial charge in [-0.1, -0.05) is 29.8 Å². The molecule has 1 atom stereocenters. The van der Waals surface area contributed by atoms with Crippen LogP contribution in [0.5, 0.6) is 0 Å². The van der Waals surface area contributed by atoms with E-state index in [2.05, 4.69) is 15.2 Å². The van der Waals surface area contributed by atoms with Crippen molar-refractivity contribution in [3.8, 4) is 0 Å². The number of benzene rings is 1. The molecule has 1 aliphatic heterocycles. The van der Waals surface area contributed by atoms with Crippen LogP contribution in [0.25, 0.3) is 5.76 Å². The van der Waals surface area contributed by atoms with Gasteiger partial charge in [0, 0.05) is 12.7 Å². The van der Waals surface area contributed by atoms with Gasteiger partial charge in [0.05, 0.1) is 6.20 Å². The highest BCUT2D eigenvalue weighted by Crippen LogP contribution is 2.35. The molecule has 0 saturated carbocycles. The smallest absolute Gasteiger partial charge is 0.269 e. The lowest BCUT2D eigenvalue weighted by atomic mass is 10.1. The molecule has 10 heteroatoms. The van der Waals surface area contributed by atoms with Gasteiger partial charge in [-0.25, -0.2) is 4.98 Å². The number of amides is 1.